The average molecular weight is 479 g/mol. The van der Waals surface area contributed by atoms with Gasteiger partial charge in [0.15, 0.2) is 5.82 Å². The van der Waals surface area contributed by atoms with E-state index in [1.165, 1.54) is 6.20 Å². The first-order valence-electron chi connectivity index (χ1n) is 11.4. The zero-order chi connectivity index (χ0) is 23.7. The summed E-state index contributed by atoms with van der Waals surface area (Å²) in [4.78, 5) is 9.04. The second-order valence-electron chi connectivity index (χ2n) is 8.61. The second-order valence-corrected chi connectivity index (χ2v) is 9.97. The van der Waals surface area contributed by atoms with Crippen LogP contribution < -0.4 is 10.1 Å². The number of hydrogen-bond acceptors (Lipinski definition) is 5. The smallest absolute Gasteiger partial charge is 0.221 e. The number of para-hydroxylation sites is 1. The molecule has 0 spiro atoms. The number of rotatable bonds is 6. The first-order valence-corrected chi connectivity index (χ1v) is 13.0. The SMILES string of the molecule is C[C@H](Nc1c(F)cnc2ccccc12)c1cc2ccccc2c(OC2CCN(S(C)=O)CC2)n1. The molecule has 3 heterocycles. The Bertz CT molecular complexity index is 1360. The maximum Gasteiger partial charge on any atom is 0.221 e. The molecule has 0 aliphatic carbocycles. The Kier molecular flexibility index (Phi) is 6.43. The van der Waals surface area contributed by atoms with Gasteiger partial charge in [-0.15, -0.1) is 0 Å². The lowest BCUT2D eigenvalue weighted by atomic mass is 10.1. The fourth-order valence-electron chi connectivity index (χ4n) is 4.42. The van der Waals surface area contributed by atoms with E-state index in [2.05, 4.69) is 10.3 Å². The summed E-state index contributed by atoms with van der Waals surface area (Å²) in [5, 5.41) is 6.00. The number of ether oxygens (including phenoxy) is 1. The van der Waals surface area contributed by atoms with Crippen LogP contribution in [0.5, 0.6) is 5.88 Å². The molecule has 6 nitrogen and oxygen atoms in total. The van der Waals surface area contributed by atoms with E-state index in [4.69, 9.17) is 9.72 Å². The highest BCUT2D eigenvalue weighted by Gasteiger charge is 2.24. The number of halogens is 1. The first-order chi connectivity index (χ1) is 16.5. The van der Waals surface area contributed by atoms with Gasteiger partial charge in [0.05, 0.1) is 40.1 Å². The maximum atomic E-state index is 14.7. The fourth-order valence-corrected chi connectivity index (χ4v) is 5.14. The lowest BCUT2D eigenvalue weighted by molar-refractivity contribution is 0.133. The van der Waals surface area contributed by atoms with Crippen molar-refractivity contribution in [1.29, 1.82) is 0 Å². The number of anilines is 1. The molecule has 1 fully saturated rings. The van der Waals surface area contributed by atoms with E-state index in [0.29, 0.717) is 11.6 Å². The van der Waals surface area contributed by atoms with Crippen LogP contribution in [-0.4, -0.2) is 43.9 Å². The molecular formula is C26H27FN4O2S. The number of nitrogens with one attached hydrogen (secondary N) is 1. The maximum absolute atomic E-state index is 14.7. The quantitative estimate of drug-likeness (QED) is 0.411. The third-order valence-electron chi connectivity index (χ3n) is 6.30. The summed E-state index contributed by atoms with van der Waals surface area (Å²) in [6.45, 7) is 3.43. The fraction of sp³-hybridized carbons (Fsp3) is 0.308. The Balaban J connectivity index is 1.44. The lowest BCUT2D eigenvalue weighted by Gasteiger charge is -2.30. The molecule has 4 aromatic rings. The van der Waals surface area contributed by atoms with E-state index in [1.54, 1.807) is 6.26 Å². The Labute approximate surface area is 200 Å². The van der Waals surface area contributed by atoms with Crippen LogP contribution in [0.1, 0.15) is 31.5 Å². The Hall–Kier alpha value is -3.10. The Morgan fingerprint density at radius 1 is 1.12 bits per heavy atom. The van der Waals surface area contributed by atoms with Crippen molar-refractivity contribution in [2.45, 2.75) is 31.9 Å². The molecule has 8 heteroatoms. The van der Waals surface area contributed by atoms with Crippen LogP contribution in [0.3, 0.4) is 0 Å². The topological polar surface area (TPSA) is 67.4 Å². The van der Waals surface area contributed by atoms with E-state index in [-0.39, 0.29) is 12.1 Å². The predicted octanol–water partition coefficient (Wildman–Crippen LogP) is 5.23. The Morgan fingerprint density at radius 2 is 1.82 bits per heavy atom. The summed E-state index contributed by atoms with van der Waals surface area (Å²) < 4.78 is 34.8. The second kappa shape index (κ2) is 9.64. The Morgan fingerprint density at radius 3 is 2.59 bits per heavy atom. The normalized spacial score (nSPS) is 17.0. The van der Waals surface area contributed by atoms with Gasteiger partial charge >= 0.3 is 0 Å². The van der Waals surface area contributed by atoms with E-state index in [9.17, 15) is 8.60 Å². The standard InChI is InChI=1S/C26H27FN4O2S/c1-17(29-25-21-9-5-6-10-23(21)28-16-22(25)27)24-15-18-7-3-4-8-20(18)26(30-24)33-19-11-13-31(14-12-19)34(2)32/h3-10,15-17,19H,11-14H2,1-2H3,(H,28,29)/t17-,34?/m0/s1. The lowest BCUT2D eigenvalue weighted by Crippen LogP contribution is -2.38. The van der Waals surface area contributed by atoms with Crippen molar-refractivity contribution < 1.29 is 13.3 Å². The average Bonchev–Trinajstić information content (AvgIpc) is 2.86. The highest BCUT2D eigenvalue weighted by atomic mass is 32.2. The molecule has 0 saturated carbocycles. The molecule has 1 saturated heterocycles. The van der Waals surface area contributed by atoms with Crippen molar-refractivity contribution in [3.8, 4) is 5.88 Å². The van der Waals surface area contributed by atoms with Gasteiger partial charge in [-0.2, -0.15) is 0 Å². The van der Waals surface area contributed by atoms with Gasteiger partial charge in [-0.25, -0.2) is 17.9 Å². The van der Waals surface area contributed by atoms with Crippen LogP contribution in [0.25, 0.3) is 21.7 Å². The van der Waals surface area contributed by atoms with Crippen LogP contribution >= 0.6 is 0 Å². The molecule has 0 radical (unpaired) electrons. The van der Waals surface area contributed by atoms with Gasteiger partial charge in [-0.1, -0.05) is 36.4 Å². The largest absolute Gasteiger partial charge is 0.474 e. The van der Waals surface area contributed by atoms with Crippen LogP contribution in [0.15, 0.2) is 60.8 Å². The molecular weight excluding hydrogens is 451 g/mol. The van der Waals surface area contributed by atoms with Crippen LogP contribution in [0.2, 0.25) is 0 Å². The minimum absolute atomic E-state index is 0.0100. The van der Waals surface area contributed by atoms with Crippen LogP contribution in [0.4, 0.5) is 10.1 Å². The predicted molar refractivity (Wildman–Crippen MR) is 135 cm³/mol. The monoisotopic (exact) mass is 478 g/mol. The van der Waals surface area contributed by atoms with Gasteiger partial charge in [-0.05, 0) is 43.4 Å². The van der Waals surface area contributed by atoms with Gasteiger partial charge in [0.1, 0.15) is 6.10 Å². The highest BCUT2D eigenvalue weighted by Crippen LogP contribution is 2.32. The number of fused-ring (bicyclic) bond motifs is 2. The zero-order valence-electron chi connectivity index (χ0n) is 19.2. The third kappa shape index (κ3) is 4.60. The van der Waals surface area contributed by atoms with Gasteiger partial charge in [0, 0.05) is 30.1 Å². The molecule has 34 heavy (non-hydrogen) atoms. The van der Waals surface area contributed by atoms with Gasteiger partial charge in [0.2, 0.25) is 5.88 Å². The summed E-state index contributed by atoms with van der Waals surface area (Å²) in [6.07, 6.45) is 4.55. The first kappa shape index (κ1) is 22.7. The van der Waals surface area contributed by atoms with Crippen LogP contribution in [0, 0.1) is 5.82 Å². The molecule has 1 aliphatic heterocycles. The summed E-state index contributed by atoms with van der Waals surface area (Å²) >= 11 is 0. The summed E-state index contributed by atoms with van der Waals surface area (Å²) in [5.74, 6) is 0.181. The van der Waals surface area contributed by atoms with Crippen LogP contribution in [-0.2, 0) is 11.0 Å². The number of piperidine rings is 1. The minimum atomic E-state index is -0.958. The molecule has 176 valence electrons. The van der Waals surface area contributed by atoms with E-state index < -0.39 is 16.8 Å². The van der Waals surface area contributed by atoms with Gasteiger partial charge < -0.3 is 10.1 Å². The minimum Gasteiger partial charge on any atom is -0.474 e. The van der Waals surface area contributed by atoms with Crippen molar-refractivity contribution >= 4 is 38.3 Å². The molecule has 1 N–H and O–H groups in total. The number of nitrogens with zero attached hydrogens (tertiary/aromatic N) is 3. The molecule has 1 unspecified atom stereocenters. The van der Waals surface area contributed by atoms with E-state index in [1.807, 2.05) is 65.8 Å². The van der Waals surface area contributed by atoms with Crippen molar-refractivity contribution in [3.63, 3.8) is 0 Å². The van der Waals surface area contributed by atoms with Crippen molar-refractivity contribution in [1.82, 2.24) is 14.3 Å². The number of hydrogen-bond donors (Lipinski definition) is 1. The number of pyridine rings is 2. The molecule has 1 aliphatic rings. The van der Waals surface area contributed by atoms with Gasteiger partial charge in [-0.3, -0.25) is 4.98 Å². The molecule has 0 bridgehead atoms. The number of aromatic nitrogens is 2. The highest BCUT2D eigenvalue weighted by molar-refractivity contribution is 7.81. The zero-order valence-corrected chi connectivity index (χ0v) is 20.0. The van der Waals surface area contributed by atoms with E-state index >= 15 is 0 Å². The molecule has 2 aromatic carbocycles. The van der Waals surface area contributed by atoms with E-state index in [0.717, 1.165) is 53.3 Å². The van der Waals surface area contributed by atoms with Crippen molar-refractivity contribution in [2.75, 3.05) is 24.7 Å². The molecule has 2 atom stereocenters. The molecule has 0 amide bonds. The summed E-state index contributed by atoms with van der Waals surface area (Å²) in [7, 11) is -0.958. The summed E-state index contributed by atoms with van der Waals surface area (Å²) in [5.41, 5.74) is 1.91. The van der Waals surface area contributed by atoms with Crippen molar-refractivity contribution in [2.24, 2.45) is 0 Å². The molecule has 2 aromatic heterocycles. The third-order valence-corrected chi connectivity index (χ3v) is 7.39. The van der Waals surface area contributed by atoms with Gasteiger partial charge in [0.25, 0.3) is 0 Å². The number of benzene rings is 2. The molecule has 5 rings (SSSR count). The van der Waals surface area contributed by atoms with Crippen molar-refractivity contribution in [3.05, 3.63) is 72.3 Å². The summed E-state index contributed by atoms with van der Waals surface area (Å²) in [6, 6.07) is 17.2.